The molecule has 4 atom stereocenters. The number of hydrogen-bond acceptors (Lipinski definition) is 7. The smallest absolute Gasteiger partial charge is 0.165 e. The van der Waals surface area contributed by atoms with E-state index in [2.05, 4.69) is 20.3 Å². The van der Waals surface area contributed by atoms with Gasteiger partial charge in [0, 0.05) is 18.6 Å². The van der Waals surface area contributed by atoms with Crippen LogP contribution < -0.4 is 11.1 Å². The second kappa shape index (κ2) is 7.99. The Hall–Kier alpha value is -3.30. The van der Waals surface area contributed by atoms with Gasteiger partial charge in [0.2, 0.25) is 0 Å². The number of aliphatic hydroxyl groups is 2. The lowest BCUT2D eigenvalue weighted by Crippen LogP contribution is -2.29. The summed E-state index contributed by atoms with van der Waals surface area (Å²) in [6.45, 7) is 0. The van der Waals surface area contributed by atoms with E-state index in [0.29, 0.717) is 30.2 Å². The molecule has 0 aliphatic heterocycles. The van der Waals surface area contributed by atoms with Crippen LogP contribution in [0.1, 0.15) is 24.4 Å². The largest absolute Gasteiger partial charge is 0.390 e. The molecule has 5 N–H and O–H groups in total. The molecule has 0 amide bonds. The minimum atomic E-state index is -0.885. The van der Waals surface area contributed by atoms with Crippen LogP contribution in [0.15, 0.2) is 42.9 Å². The van der Waals surface area contributed by atoms with Crippen molar-refractivity contribution < 1.29 is 14.6 Å². The molecule has 1 aliphatic carbocycles. The molecule has 1 aromatic carbocycles. The van der Waals surface area contributed by atoms with Gasteiger partial charge in [-0.2, -0.15) is 0 Å². The molecule has 3 heterocycles. The topological polar surface area (TPSA) is 122 Å². The Kier molecular flexibility index (Phi) is 5.15. The highest BCUT2D eigenvalue weighted by Crippen LogP contribution is 2.39. The first kappa shape index (κ1) is 20.6. The monoisotopic (exact) mass is 436 g/mol. The van der Waals surface area contributed by atoms with E-state index in [4.69, 9.17) is 5.73 Å². The van der Waals surface area contributed by atoms with Gasteiger partial charge in [0.1, 0.15) is 23.9 Å². The summed E-state index contributed by atoms with van der Waals surface area (Å²) in [6, 6.07) is 8.69. The molecular weight excluding hydrogens is 411 g/mol. The number of aliphatic hydroxyl groups excluding tert-OH is 2. The molecule has 0 radical (unpaired) electrons. The quantitative estimate of drug-likeness (QED) is 0.379. The minimum Gasteiger partial charge on any atom is -0.390 e. The lowest BCUT2D eigenvalue weighted by molar-refractivity contribution is 0.00545. The van der Waals surface area contributed by atoms with Crippen LogP contribution in [0.5, 0.6) is 0 Å². The van der Waals surface area contributed by atoms with Gasteiger partial charge in [0.25, 0.3) is 0 Å². The maximum absolute atomic E-state index is 13.6. The lowest BCUT2D eigenvalue weighted by atomic mass is 9.95. The standard InChI is InChI=1S/C23H25FN6O2/c1-26-22-15-6-7-30(23(15)28-11-27-22)18-10-14(19(31)20(18)32)5-3-12-2-4-13-9-16(24)21(25)29-17(13)8-12/h2,4,6-9,11,14,18-20,31-32H,3,5,10H2,1H3,(H2,25,29)(H,26,27,28)/t14-,18+,19+,20-/m0/s1. The summed E-state index contributed by atoms with van der Waals surface area (Å²) in [7, 11) is 1.80. The van der Waals surface area contributed by atoms with E-state index < -0.39 is 18.0 Å². The maximum Gasteiger partial charge on any atom is 0.165 e. The van der Waals surface area contributed by atoms with Gasteiger partial charge >= 0.3 is 0 Å². The van der Waals surface area contributed by atoms with Gasteiger partial charge in [-0.05, 0) is 48.9 Å². The van der Waals surface area contributed by atoms with Crippen molar-refractivity contribution in [2.75, 3.05) is 18.1 Å². The highest BCUT2D eigenvalue weighted by Gasteiger charge is 2.42. The molecule has 4 aromatic rings. The number of aryl methyl sites for hydroxylation is 1. The summed E-state index contributed by atoms with van der Waals surface area (Å²) in [4.78, 5) is 12.7. The van der Waals surface area contributed by atoms with Gasteiger partial charge in [0.15, 0.2) is 11.6 Å². The summed E-state index contributed by atoms with van der Waals surface area (Å²) in [5.41, 5.74) is 8.00. The number of halogens is 1. The number of pyridine rings is 1. The van der Waals surface area contributed by atoms with Crippen LogP contribution in [0.25, 0.3) is 21.9 Å². The Balaban J connectivity index is 1.34. The number of fused-ring (bicyclic) bond motifs is 2. The molecule has 0 bridgehead atoms. The molecule has 1 fully saturated rings. The molecule has 0 spiro atoms. The van der Waals surface area contributed by atoms with E-state index in [1.165, 1.54) is 12.4 Å². The molecule has 8 nitrogen and oxygen atoms in total. The zero-order chi connectivity index (χ0) is 22.4. The fourth-order valence-electron chi connectivity index (χ4n) is 4.81. The van der Waals surface area contributed by atoms with Crippen molar-refractivity contribution in [3.63, 3.8) is 0 Å². The van der Waals surface area contributed by atoms with Gasteiger partial charge in [-0.3, -0.25) is 0 Å². The summed E-state index contributed by atoms with van der Waals surface area (Å²) >= 11 is 0. The average Bonchev–Trinajstić information content (AvgIpc) is 3.34. The minimum absolute atomic E-state index is 0.0694. The average molecular weight is 436 g/mol. The van der Waals surface area contributed by atoms with Crippen molar-refractivity contribution in [2.45, 2.75) is 37.5 Å². The third-order valence-corrected chi connectivity index (χ3v) is 6.54. The van der Waals surface area contributed by atoms with E-state index >= 15 is 0 Å². The molecule has 166 valence electrons. The zero-order valence-corrected chi connectivity index (χ0v) is 17.6. The Bertz CT molecular complexity index is 1290. The van der Waals surface area contributed by atoms with E-state index in [1.807, 2.05) is 35.0 Å². The van der Waals surface area contributed by atoms with Gasteiger partial charge in [-0.1, -0.05) is 12.1 Å². The molecule has 9 heteroatoms. The van der Waals surface area contributed by atoms with Crippen LogP contribution in [-0.4, -0.2) is 49.0 Å². The fourth-order valence-corrected chi connectivity index (χ4v) is 4.81. The first-order valence-electron chi connectivity index (χ1n) is 10.7. The van der Waals surface area contributed by atoms with Crippen molar-refractivity contribution in [1.29, 1.82) is 0 Å². The van der Waals surface area contributed by atoms with Crippen molar-refractivity contribution in [1.82, 2.24) is 19.5 Å². The third kappa shape index (κ3) is 3.43. The summed E-state index contributed by atoms with van der Waals surface area (Å²) < 4.78 is 15.6. The Morgan fingerprint density at radius 3 is 2.84 bits per heavy atom. The number of aromatic nitrogens is 4. The molecular formula is C23H25FN6O2. The number of benzene rings is 1. The predicted molar refractivity (Wildman–Crippen MR) is 121 cm³/mol. The molecule has 1 aliphatic rings. The van der Waals surface area contributed by atoms with Crippen molar-refractivity contribution in [3.05, 3.63) is 54.2 Å². The highest BCUT2D eigenvalue weighted by atomic mass is 19.1. The van der Waals surface area contributed by atoms with Crippen LogP contribution in [0.4, 0.5) is 16.0 Å². The number of nitrogen functional groups attached to an aromatic ring is 1. The van der Waals surface area contributed by atoms with Crippen LogP contribution in [-0.2, 0) is 6.42 Å². The first-order chi connectivity index (χ1) is 15.5. The fraction of sp³-hybridized carbons (Fsp3) is 0.348. The third-order valence-electron chi connectivity index (χ3n) is 6.54. The first-order valence-corrected chi connectivity index (χ1v) is 10.7. The summed E-state index contributed by atoms with van der Waals surface area (Å²) in [5, 5.41) is 26.1. The van der Waals surface area contributed by atoms with Crippen molar-refractivity contribution >= 4 is 33.6 Å². The maximum atomic E-state index is 13.6. The molecule has 5 rings (SSSR count). The normalized spacial score (nSPS) is 23.2. The van der Waals surface area contributed by atoms with Crippen molar-refractivity contribution in [3.8, 4) is 0 Å². The Labute approximate surface area is 183 Å². The zero-order valence-electron chi connectivity index (χ0n) is 17.6. The van der Waals surface area contributed by atoms with Gasteiger partial charge in [-0.25, -0.2) is 19.3 Å². The Morgan fingerprint density at radius 1 is 1.19 bits per heavy atom. The summed E-state index contributed by atoms with van der Waals surface area (Å²) in [6.07, 6.45) is 3.71. The van der Waals surface area contributed by atoms with Crippen LogP contribution >= 0.6 is 0 Å². The summed E-state index contributed by atoms with van der Waals surface area (Å²) in [5.74, 6) is 0.0174. The lowest BCUT2D eigenvalue weighted by Gasteiger charge is -2.19. The number of anilines is 2. The molecule has 0 saturated heterocycles. The predicted octanol–water partition coefficient (Wildman–Crippen LogP) is 2.66. The van der Waals surface area contributed by atoms with E-state index in [1.54, 1.807) is 7.05 Å². The van der Waals surface area contributed by atoms with Crippen LogP contribution in [0.2, 0.25) is 0 Å². The SMILES string of the molecule is CNc1ncnc2c1ccn2[C@@H]1C[C@H](CCc2ccc3cc(F)c(N)nc3c2)[C@@H](O)[C@H]1O. The molecule has 3 aromatic heterocycles. The van der Waals surface area contributed by atoms with Crippen LogP contribution in [0, 0.1) is 11.7 Å². The molecule has 1 saturated carbocycles. The molecule has 0 unspecified atom stereocenters. The van der Waals surface area contributed by atoms with Gasteiger partial charge in [-0.15, -0.1) is 0 Å². The number of nitrogens with zero attached hydrogens (tertiary/aromatic N) is 4. The van der Waals surface area contributed by atoms with E-state index in [0.717, 1.165) is 22.4 Å². The van der Waals surface area contributed by atoms with Gasteiger partial charge < -0.3 is 25.8 Å². The molecule has 32 heavy (non-hydrogen) atoms. The highest BCUT2D eigenvalue weighted by molar-refractivity contribution is 5.87. The number of hydrogen-bond donors (Lipinski definition) is 4. The number of rotatable bonds is 5. The number of nitrogens with one attached hydrogen (secondary N) is 1. The van der Waals surface area contributed by atoms with E-state index in [9.17, 15) is 14.6 Å². The van der Waals surface area contributed by atoms with Gasteiger partial charge in [0.05, 0.1) is 23.0 Å². The van der Waals surface area contributed by atoms with Crippen molar-refractivity contribution in [2.24, 2.45) is 5.92 Å². The second-order valence-electron chi connectivity index (χ2n) is 8.40. The van der Waals surface area contributed by atoms with Crippen LogP contribution in [0.3, 0.4) is 0 Å². The second-order valence-corrected chi connectivity index (χ2v) is 8.40. The van der Waals surface area contributed by atoms with E-state index in [-0.39, 0.29) is 17.8 Å². The number of nitrogens with two attached hydrogens (primary N) is 1. The Morgan fingerprint density at radius 2 is 2.03 bits per heavy atom.